The summed E-state index contributed by atoms with van der Waals surface area (Å²) in [5, 5.41) is 8.59. The summed E-state index contributed by atoms with van der Waals surface area (Å²) in [7, 11) is 0. The number of para-hydroxylation sites is 2. The van der Waals surface area contributed by atoms with E-state index in [2.05, 4.69) is 9.97 Å². The van der Waals surface area contributed by atoms with Crippen LogP contribution in [0.2, 0.25) is 0 Å². The number of H-pyrrole nitrogens is 1. The summed E-state index contributed by atoms with van der Waals surface area (Å²) < 4.78 is 0. The van der Waals surface area contributed by atoms with Crippen LogP contribution in [-0.4, -0.2) is 21.0 Å². The zero-order valence-electron chi connectivity index (χ0n) is 11.7. The Labute approximate surface area is 133 Å². The molecule has 0 amide bonds. The van der Waals surface area contributed by atoms with Gasteiger partial charge in [-0.05, 0) is 29.3 Å². The molecular weight excluding hydrogens is 300 g/mol. The molecule has 5 heteroatoms. The molecular formula is C17H15ClN2O2. The summed E-state index contributed by atoms with van der Waals surface area (Å²) in [4.78, 5) is 18.3. The van der Waals surface area contributed by atoms with Crippen molar-refractivity contribution in [1.29, 1.82) is 0 Å². The van der Waals surface area contributed by atoms with E-state index in [1.165, 1.54) is 0 Å². The van der Waals surface area contributed by atoms with E-state index in [0.717, 1.165) is 40.5 Å². The predicted molar refractivity (Wildman–Crippen MR) is 89.3 cm³/mol. The third-order valence-corrected chi connectivity index (χ3v) is 3.21. The van der Waals surface area contributed by atoms with Crippen molar-refractivity contribution in [2.24, 2.45) is 0 Å². The topological polar surface area (TPSA) is 66.0 Å². The van der Waals surface area contributed by atoms with Crippen molar-refractivity contribution in [3.05, 3.63) is 71.6 Å². The van der Waals surface area contributed by atoms with E-state index in [-0.39, 0.29) is 12.4 Å². The number of aromatic nitrogens is 2. The number of carboxylic acids is 1. The zero-order chi connectivity index (χ0) is 14.7. The average molecular weight is 315 g/mol. The number of hydrogen-bond acceptors (Lipinski definition) is 2. The molecule has 22 heavy (non-hydrogen) atoms. The normalized spacial score (nSPS) is 10.7. The highest BCUT2D eigenvalue weighted by molar-refractivity contribution is 5.85. The monoisotopic (exact) mass is 314 g/mol. The minimum Gasteiger partial charge on any atom is -0.478 e. The molecule has 4 nitrogen and oxygen atoms in total. The first kappa shape index (κ1) is 15.8. The molecule has 0 spiro atoms. The summed E-state index contributed by atoms with van der Waals surface area (Å²) in [6, 6.07) is 15.7. The van der Waals surface area contributed by atoms with Crippen molar-refractivity contribution in [3.63, 3.8) is 0 Å². The van der Waals surface area contributed by atoms with Gasteiger partial charge in [0, 0.05) is 12.5 Å². The Morgan fingerprint density at radius 1 is 1.14 bits per heavy atom. The SMILES string of the molecule is Cl.O=C(O)/C=C/c1ccc(Cc2nc3ccccc3[nH]2)cc1. The van der Waals surface area contributed by atoms with Crippen LogP contribution in [0, 0.1) is 0 Å². The molecule has 112 valence electrons. The molecule has 0 bridgehead atoms. The average Bonchev–Trinajstić information content (AvgIpc) is 2.88. The number of carbonyl (C=O) groups is 1. The van der Waals surface area contributed by atoms with E-state index in [9.17, 15) is 4.79 Å². The van der Waals surface area contributed by atoms with Crippen LogP contribution in [0.5, 0.6) is 0 Å². The molecule has 0 aliphatic rings. The van der Waals surface area contributed by atoms with Crippen LogP contribution >= 0.6 is 12.4 Å². The maximum Gasteiger partial charge on any atom is 0.328 e. The number of hydrogen-bond donors (Lipinski definition) is 2. The second kappa shape index (κ2) is 6.91. The lowest BCUT2D eigenvalue weighted by atomic mass is 10.1. The van der Waals surface area contributed by atoms with Crippen molar-refractivity contribution >= 4 is 35.5 Å². The number of carboxylic acid groups (broad SMARTS) is 1. The summed E-state index contributed by atoms with van der Waals surface area (Å²) in [5.74, 6) is -0.0219. The lowest BCUT2D eigenvalue weighted by molar-refractivity contribution is -0.131. The van der Waals surface area contributed by atoms with Gasteiger partial charge in [-0.2, -0.15) is 0 Å². The van der Waals surface area contributed by atoms with Crippen LogP contribution in [0.25, 0.3) is 17.1 Å². The van der Waals surface area contributed by atoms with Crippen LogP contribution in [-0.2, 0) is 11.2 Å². The number of nitrogens with one attached hydrogen (secondary N) is 1. The molecule has 2 aromatic carbocycles. The van der Waals surface area contributed by atoms with Crippen molar-refractivity contribution < 1.29 is 9.90 Å². The van der Waals surface area contributed by atoms with Crippen molar-refractivity contribution in [3.8, 4) is 0 Å². The molecule has 0 saturated heterocycles. The minimum absolute atomic E-state index is 0. The maximum absolute atomic E-state index is 10.5. The smallest absolute Gasteiger partial charge is 0.328 e. The van der Waals surface area contributed by atoms with Gasteiger partial charge in [-0.1, -0.05) is 36.4 Å². The van der Waals surface area contributed by atoms with E-state index in [1.54, 1.807) is 6.08 Å². The lowest BCUT2D eigenvalue weighted by Crippen LogP contribution is -1.91. The summed E-state index contributed by atoms with van der Waals surface area (Å²) in [6.07, 6.45) is 3.43. The van der Waals surface area contributed by atoms with Gasteiger partial charge in [0.15, 0.2) is 0 Å². The number of rotatable bonds is 4. The van der Waals surface area contributed by atoms with Gasteiger partial charge in [0.05, 0.1) is 11.0 Å². The van der Waals surface area contributed by atoms with E-state index in [1.807, 2.05) is 48.5 Å². The Kier molecular flexibility index (Phi) is 4.96. The molecule has 3 rings (SSSR count). The van der Waals surface area contributed by atoms with Crippen molar-refractivity contribution in [2.75, 3.05) is 0 Å². The fourth-order valence-corrected chi connectivity index (χ4v) is 2.20. The highest BCUT2D eigenvalue weighted by Crippen LogP contribution is 2.14. The van der Waals surface area contributed by atoms with Crippen LogP contribution < -0.4 is 0 Å². The molecule has 1 aromatic heterocycles. The van der Waals surface area contributed by atoms with Crippen LogP contribution in [0.3, 0.4) is 0 Å². The van der Waals surface area contributed by atoms with Gasteiger partial charge >= 0.3 is 5.97 Å². The number of benzene rings is 2. The highest BCUT2D eigenvalue weighted by Gasteiger charge is 2.03. The summed E-state index contributed by atoms with van der Waals surface area (Å²) >= 11 is 0. The predicted octanol–water partition coefficient (Wildman–Crippen LogP) is 3.67. The van der Waals surface area contributed by atoms with Crippen molar-refractivity contribution in [2.45, 2.75) is 6.42 Å². The lowest BCUT2D eigenvalue weighted by Gasteiger charge is -1.99. The largest absolute Gasteiger partial charge is 0.478 e. The highest BCUT2D eigenvalue weighted by atomic mass is 35.5. The zero-order valence-corrected chi connectivity index (χ0v) is 12.5. The molecule has 3 aromatic rings. The van der Waals surface area contributed by atoms with Gasteiger partial charge in [0.1, 0.15) is 5.82 Å². The van der Waals surface area contributed by atoms with Gasteiger partial charge in [-0.3, -0.25) is 0 Å². The molecule has 0 radical (unpaired) electrons. The van der Waals surface area contributed by atoms with Crippen LogP contribution in [0.1, 0.15) is 17.0 Å². The second-order valence-electron chi connectivity index (χ2n) is 4.79. The molecule has 0 fully saturated rings. The third-order valence-electron chi connectivity index (χ3n) is 3.21. The number of imidazole rings is 1. The standard InChI is InChI=1S/C17H14N2O2.ClH/c20-17(21)10-9-12-5-7-13(8-6-12)11-16-18-14-3-1-2-4-15(14)19-16;/h1-10H,11H2,(H,18,19)(H,20,21);1H/b10-9+;. The molecule has 0 aliphatic heterocycles. The van der Waals surface area contributed by atoms with Gasteiger partial charge in [-0.25, -0.2) is 9.78 Å². The number of nitrogens with zero attached hydrogens (tertiary/aromatic N) is 1. The first-order chi connectivity index (χ1) is 10.2. The van der Waals surface area contributed by atoms with Crippen LogP contribution in [0.15, 0.2) is 54.6 Å². The fraction of sp³-hybridized carbons (Fsp3) is 0.0588. The Balaban J connectivity index is 0.00000176. The Bertz CT molecular complexity index is 774. The summed E-state index contributed by atoms with van der Waals surface area (Å²) in [6.45, 7) is 0. The molecule has 2 N–H and O–H groups in total. The van der Waals surface area contributed by atoms with E-state index in [4.69, 9.17) is 5.11 Å². The number of aliphatic carboxylic acids is 1. The first-order valence-corrected chi connectivity index (χ1v) is 6.64. The van der Waals surface area contributed by atoms with Gasteiger partial charge < -0.3 is 10.1 Å². The summed E-state index contributed by atoms with van der Waals surface area (Å²) in [5.41, 5.74) is 3.99. The maximum atomic E-state index is 10.5. The molecule has 0 unspecified atom stereocenters. The van der Waals surface area contributed by atoms with Gasteiger partial charge in [0.2, 0.25) is 0 Å². The van der Waals surface area contributed by atoms with E-state index < -0.39 is 5.97 Å². The fourth-order valence-electron chi connectivity index (χ4n) is 2.20. The van der Waals surface area contributed by atoms with Crippen LogP contribution in [0.4, 0.5) is 0 Å². The number of aromatic amines is 1. The molecule has 0 saturated carbocycles. The molecule has 0 aliphatic carbocycles. The minimum atomic E-state index is -0.943. The Morgan fingerprint density at radius 2 is 1.86 bits per heavy atom. The Morgan fingerprint density at radius 3 is 2.55 bits per heavy atom. The second-order valence-corrected chi connectivity index (χ2v) is 4.79. The van der Waals surface area contributed by atoms with E-state index >= 15 is 0 Å². The Hall–Kier alpha value is -2.59. The third kappa shape index (κ3) is 3.74. The quantitative estimate of drug-likeness (QED) is 0.722. The first-order valence-electron chi connectivity index (χ1n) is 6.64. The van der Waals surface area contributed by atoms with E-state index in [0.29, 0.717) is 0 Å². The van der Waals surface area contributed by atoms with Gasteiger partial charge in [-0.15, -0.1) is 12.4 Å². The van der Waals surface area contributed by atoms with Gasteiger partial charge in [0.25, 0.3) is 0 Å². The molecule has 1 heterocycles. The molecule has 0 atom stereocenters. The number of halogens is 1. The van der Waals surface area contributed by atoms with Crippen molar-refractivity contribution in [1.82, 2.24) is 9.97 Å². The number of fused-ring (bicyclic) bond motifs is 1.